The van der Waals surface area contributed by atoms with Crippen LogP contribution in [-0.2, 0) is 6.42 Å². The maximum Gasteiger partial charge on any atom is 0.274 e. The minimum atomic E-state index is -0.364. The molecule has 2 aromatic carbocycles. The van der Waals surface area contributed by atoms with Gasteiger partial charge in [-0.1, -0.05) is 24.3 Å². The van der Waals surface area contributed by atoms with E-state index in [0.29, 0.717) is 23.8 Å². The Balaban J connectivity index is 1.47. The van der Waals surface area contributed by atoms with Crippen molar-refractivity contribution in [1.82, 2.24) is 14.7 Å². The van der Waals surface area contributed by atoms with Crippen LogP contribution in [0.4, 0.5) is 4.39 Å². The van der Waals surface area contributed by atoms with Crippen molar-refractivity contribution in [3.63, 3.8) is 0 Å². The average molecular weight is 407 g/mol. The van der Waals surface area contributed by atoms with Gasteiger partial charge in [-0.15, -0.1) is 0 Å². The monoisotopic (exact) mass is 407 g/mol. The first-order valence-corrected chi connectivity index (χ1v) is 10.3. The molecule has 0 radical (unpaired) electrons. The van der Waals surface area contributed by atoms with Gasteiger partial charge in [-0.05, 0) is 61.9 Å². The smallest absolute Gasteiger partial charge is 0.274 e. The highest BCUT2D eigenvalue weighted by atomic mass is 19.1. The SMILES string of the molecule is COc1ccc(CC2CCCN(C(=O)c3nn(-c4ccccc4F)cc3C)C2)cc1. The van der Waals surface area contributed by atoms with Crippen LogP contribution in [0.3, 0.4) is 0 Å². The number of rotatable bonds is 5. The largest absolute Gasteiger partial charge is 0.497 e. The zero-order valence-corrected chi connectivity index (χ0v) is 17.3. The van der Waals surface area contributed by atoms with Crippen LogP contribution in [0.15, 0.2) is 54.7 Å². The molecule has 1 aromatic heterocycles. The number of para-hydroxylation sites is 1. The van der Waals surface area contributed by atoms with Gasteiger partial charge in [0.2, 0.25) is 0 Å². The van der Waals surface area contributed by atoms with E-state index in [1.54, 1.807) is 31.5 Å². The summed E-state index contributed by atoms with van der Waals surface area (Å²) in [5, 5.41) is 4.42. The highest BCUT2D eigenvalue weighted by molar-refractivity contribution is 5.93. The van der Waals surface area contributed by atoms with Gasteiger partial charge >= 0.3 is 0 Å². The second-order valence-corrected chi connectivity index (χ2v) is 7.87. The summed E-state index contributed by atoms with van der Waals surface area (Å²) in [6, 6.07) is 14.5. The van der Waals surface area contributed by atoms with Gasteiger partial charge in [-0.25, -0.2) is 9.07 Å². The molecule has 3 aromatic rings. The van der Waals surface area contributed by atoms with Gasteiger partial charge in [0, 0.05) is 24.8 Å². The molecule has 1 unspecified atom stereocenters. The normalized spacial score (nSPS) is 16.5. The lowest BCUT2D eigenvalue weighted by Crippen LogP contribution is -2.41. The molecule has 1 amide bonds. The standard InChI is InChI=1S/C24H26FN3O2/c1-17-15-28(22-8-4-3-7-21(22)25)26-23(17)24(29)27-13-5-6-19(16-27)14-18-9-11-20(30-2)12-10-18/h3-4,7-12,15,19H,5-6,13-14,16H2,1-2H3. The van der Waals surface area contributed by atoms with Gasteiger partial charge in [0.1, 0.15) is 17.3 Å². The molecule has 0 saturated carbocycles. The topological polar surface area (TPSA) is 47.4 Å². The molecule has 156 valence electrons. The molecule has 0 bridgehead atoms. The van der Waals surface area contributed by atoms with Crippen LogP contribution in [0.1, 0.15) is 34.5 Å². The fourth-order valence-electron chi connectivity index (χ4n) is 4.09. The van der Waals surface area contributed by atoms with Crippen molar-refractivity contribution in [2.45, 2.75) is 26.2 Å². The molecule has 0 spiro atoms. The summed E-state index contributed by atoms with van der Waals surface area (Å²) in [6.07, 6.45) is 4.71. The molecule has 0 aliphatic carbocycles. The van der Waals surface area contributed by atoms with Crippen LogP contribution in [0, 0.1) is 18.7 Å². The summed E-state index contributed by atoms with van der Waals surface area (Å²) in [5.74, 6) is 0.809. The number of hydrogen-bond acceptors (Lipinski definition) is 3. The fourth-order valence-corrected chi connectivity index (χ4v) is 4.09. The fraction of sp³-hybridized carbons (Fsp3) is 0.333. The molecule has 2 heterocycles. The summed E-state index contributed by atoms with van der Waals surface area (Å²) in [5.41, 5.74) is 2.73. The van der Waals surface area contributed by atoms with Crippen LogP contribution >= 0.6 is 0 Å². The molecule has 30 heavy (non-hydrogen) atoms. The van der Waals surface area contributed by atoms with Crippen LogP contribution in [0.2, 0.25) is 0 Å². The molecule has 1 saturated heterocycles. The molecule has 5 nitrogen and oxygen atoms in total. The number of carbonyl (C=O) groups excluding carboxylic acids is 1. The summed E-state index contributed by atoms with van der Waals surface area (Å²) >= 11 is 0. The van der Waals surface area contributed by atoms with E-state index in [9.17, 15) is 9.18 Å². The van der Waals surface area contributed by atoms with Crippen molar-refractivity contribution in [2.24, 2.45) is 5.92 Å². The van der Waals surface area contributed by atoms with Crippen LogP contribution in [0.5, 0.6) is 5.75 Å². The molecular weight excluding hydrogens is 381 g/mol. The number of benzene rings is 2. The second-order valence-electron chi connectivity index (χ2n) is 7.87. The molecule has 0 N–H and O–H groups in total. The predicted molar refractivity (Wildman–Crippen MR) is 114 cm³/mol. The second kappa shape index (κ2) is 8.69. The first kappa shape index (κ1) is 20.1. The Labute approximate surface area is 176 Å². The number of likely N-dealkylation sites (tertiary alicyclic amines) is 1. The number of aryl methyl sites for hydroxylation is 1. The quantitative estimate of drug-likeness (QED) is 0.629. The molecule has 1 aliphatic heterocycles. The van der Waals surface area contributed by atoms with Crippen molar-refractivity contribution in [2.75, 3.05) is 20.2 Å². The lowest BCUT2D eigenvalue weighted by Gasteiger charge is -2.32. The van der Waals surface area contributed by atoms with Gasteiger partial charge < -0.3 is 9.64 Å². The zero-order valence-electron chi connectivity index (χ0n) is 17.3. The van der Waals surface area contributed by atoms with Crippen molar-refractivity contribution >= 4 is 5.91 Å². The van der Waals surface area contributed by atoms with Crippen LogP contribution in [-0.4, -0.2) is 40.8 Å². The van der Waals surface area contributed by atoms with E-state index in [0.717, 1.165) is 37.1 Å². The Morgan fingerprint density at radius 1 is 1.20 bits per heavy atom. The van der Waals surface area contributed by atoms with Gasteiger partial charge in [0.15, 0.2) is 5.69 Å². The van der Waals surface area contributed by atoms with Crippen molar-refractivity contribution in [3.8, 4) is 11.4 Å². The Morgan fingerprint density at radius 3 is 2.70 bits per heavy atom. The van der Waals surface area contributed by atoms with Crippen molar-refractivity contribution < 1.29 is 13.9 Å². The van der Waals surface area contributed by atoms with Crippen molar-refractivity contribution in [3.05, 3.63) is 77.4 Å². The third-order valence-corrected chi connectivity index (χ3v) is 5.69. The lowest BCUT2D eigenvalue weighted by atomic mass is 9.91. The maximum absolute atomic E-state index is 14.1. The van der Waals surface area contributed by atoms with Crippen molar-refractivity contribution in [1.29, 1.82) is 0 Å². The highest BCUT2D eigenvalue weighted by Gasteiger charge is 2.27. The van der Waals surface area contributed by atoms with E-state index < -0.39 is 0 Å². The lowest BCUT2D eigenvalue weighted by molar-refractivity contribution is 0.0666. The van der Waals surface area contributed by atoms with Crippen LogP contribution < -0.4 is 4.74 Å². The number of carbonyl (C=O) groups is 1. The number of methoxy groups -OCH3 is 1. The zero-order chi connectivity index (χ0) is 21.1. The van der Waals surface area contributed by atoms with E-state index >= 15 is 0 Å². The van der Waals surface area contributed by atoms with E-state index in [2.05, 4.69) is 17.2 Å². The first-order chi connectivity index (χ1) is 14.5. The Bertz CT molecular complexity index is 1030. The molecule has 1 fully saturated rings. The summed E-state index contributed by atoms with van der Waals surface area (Å²) in [6.45, 7) is 3.27. The molecular formula is C24H26FN3O2. The van der Waals surface area contributed by atoms with E-state index in [1.807, 2.05) is 24.0 Å². The van der Waals surface area contributed by atoms with Gasteiger partial charge in [-0.2, -0.15) is 5.10 Å². The third-order valence-electron chi connectivity index (χ3n) is 5.69. The molecule has 1 atom stereocenters. The number of nitrogens with zero attached hydrogens (tertiary/aromatic N) is 3. The Hall–Kier alpha value is -3.15. The predicted octanol–water partition coefficient (Wildman–Crippen LogP) is 4.42. The minimum Gasteiger partial charge on any atom is -0.497 e. The molecule has 4 rings (SSSR count). The van der Waals surface area contributed by atoms with E-state index in [1.165, 1.54) is 16.3 Å². The number of hydrogen-bond donors (Lipinski definition) is 0. The summed E-state index contributed by atoms with van der Waals surface area (Å²) in [4.78, 5) is 15.1. The summed E-state index contributed by atoms with van der Waals surface area (Å²) < 4.78 is 20.8. The molecule has 6 heteroatoms. The highest BCUT2D eigenvalue weighted by Crippen LogP contribution is 2.24. The van der Waals surface area contributed by atoms with Gasteiger partial charge in [0.05, 0.1) is 7.11 Å². The maximum atomic E-state index is 14.1. The number of aromatic nitrogens is 2. The number of piperidine rings is 1. The van der Waals surface area contributed by atoms with E-state index in [4.69, 9.17) is 4.74 Å². The third kappa shape index (κ3) is 4.22. The first-order valence-electron chi connectivity index (χ1n) is 10.3. The van der Waals surface area contributed by atoms with Gasteiger partial charge in [0.25, 0.3) is 5.91 Å². The minimum absolute atomic E-state index is 0.0815. The average Bonchev–Trinajstić information content (AvgIpc) is 3.15. The number of amides is 1. The van der Waals surface area contributed by atoms with E-state index in [-0.39, 0.29) is 11.7 Å². The molecule has 1 aliphatic rings. The van der Waals surface area contributed by atoms with Crippen LogP contribution in [0.25, 0.3) is 5.69 Å². The Kier molecular flexibility index (Phi) is 5.84. The Morgan fingerprint density at radius 2 is 1.97 bits per heavy atom. The number of ether oxygens (including phenoxy) is 1. The summed E-state index contributed by atoms with van der Waals surface area (Å²) in [7, 11) is 1.66. The number of halogens is 1. The van der Waals surface area contributed by atoms with Gasteiger partial charge in [-0.3, -0.25) is 4.79 Å².